The summed E-state index contributed by atoms with van der Waals surface area (Å²) in [5.74, 6) is -0.481. The highest BCUT2D eigenvalue weighted by Gasteiger charge is 2.39. The molecular formula is C16H11N5O3S. The number of carbonyl (C=O) groups excluding carboxylic acids is 3. The molecular weight excluding hydrogens is 342 g/mol. The molecule has 25 heavy (non-hydrogen) atoms. The first-order chi connectivity index (χ1) is 12.1. The maximum atomic E-state index is 12.4. The Morgan fingerprint density at radius 2 is 1.68 bits per heavy atom. The van der Waals surface area contributed by atoms with Gasteiger partial charge in [-0.2, -0.15) is 0 Å². The Bertz CT molecular complexity index is 891. The molecule has 0 radical (unpaired) electrons. The third-order valence-corrected chi connectivity index (χ3v) is 4.59. The molecule has 8 nitrogen and oxygen atoms in total. The summed E-state index contributed by atoms with van der Waals surface area (Å²) in [4.78, 5) is 49.9. The Morgan fingerprint density at radius 3 is 2.24 bits per heavy atom. The number of hydrogen-bond acceptors (Lipinski definition) is 7. The van der Waals surface area contributed by atoms with Crippen molar-refractivity contribution in [1.82, 2.24) is 15.3 Å². The van der Waals surface area contributed by atoms with Gasteiger partial charge in [-0.25, -0.2) is 14.9 Å². The number of imide groups is 1. The molecule has 2 aliphatic heterocycles. The standard InChI is InChI=1S/C16H11N5O3S/c22-13(20-16-19-7-8-25-16)9-1-3-10(4-2-9)21-14(23)11-12(15(21)24)18-6-5-17-11/h1-6H,7-8H2,(H,19,20,22). The summed E-state index contributed by atoms with van der Waals surface area (Å²) < 4.78 is 0. The molecule has 0 unspecified atom stereocenters. The van der Waals surface area contributed by atoms with Gasteiger partial charge in [0, 0.05) is 23.7 Å². The number of anilines is 1. The molecule has 9 heteroatoms. The minimum Gasteiger partial charge on any atom is -0.301 e. The minimum atomic E-state index is -0.526. The fraction of sp³-hybridized carbons (Fsp3) is 0.125. The predicted molar refractivity (Wildman–Crippen MR) is 91.8 cm³/mol. The first-order valence-corrected chi connectivity index (χ1v) is 8.42. The van der Waals surface area contributed by atoms with Crippen molar-refractivity contribution in [1.29, 1.82) is 0 Å². The maximum absolute atomic E-state index is 12.4. The van der Waals surface area contributed by atoms with Gasteiger partial charge in [0.25, 0.3) is 17.7 Å². The SMILES string of the molecule is O=C(NC1=NCCS1)c1ccc(N2C(=O)c3nccnc3C2=O)cc1. The molecule has 0 atom stereocenters. The maximum Gasteiger partial charge on any atom is 0.286 e. The Balaban J connectivity index is 1.56. The van der Waals surface area contributed by atoms with Crippen LogP contribution in [0.15, 0.2) is 41.7 Å². The molecule has 0 aliphatic carbocycles. The Kier molecular flexibility index (Phi) is 3.77. The number of amides is 3. The van der Waals surface area contributed by atoms with Crippen LogP contribution in [0.4, 0.5) is 5.69 Å². The zero-order valence-corrected chi connectivity index (χ0v) is 13.6. The van der Waals surface area contributed by atoms with Crippen LogP contribution in [-0.4, -0.2) is 45.2 Å². The summed E-state index contributed by atoms with van der Waals surface area (Å²) in [6.07, 6.45) is 2.73. The average molecular weight is 353 g/mol. The molecule has 3 amide bonds. The fourth-order valence-electron chi connectivity index (χ4n) is 2.53. The van der Waals surface area contributed by atoms with Crippen LogP contribution in [0.25, 0.3) is 0 Å². The highest BCUT2D eigenvalue weighted by Crippen LogP contribution is 2.26. The van der Waals surface area contributed by atoms with E-state index in [0.29, 0.717) is 23.0 Å². The molecule has 0 spiro atoms. The molecule has 2 aromatic rings. The van der Waals surface area contributed by atoms with E-state index in [9.17, 15) is 14.4 Å². The average Bonchev–Trinajstić information content (AvgIpc) is 3.23. The van der Waals surface area contributed by atoms with Crippen LogP contribution in [-0.2, 0) is 0 Å². The number of amidine groups is 1. The number of aliphatic imine (C=N–C) groups is 1. The monoisotopic (exact) mass is 353 g/mol. The first kappa shape index (κ1) is 15.5. The molecule has 4 rings (SSSR count). The van der Waals surface area contributed by atoms with Crippen LogP contribution in [0.1, 0.15) is 31.3 Å². The van der Waals surface area contributed by atoms with Gasteiger partial charge < -0.3 is 5.32 Å². The quantitative estimate of drug-likeness (QED) is 0.811. The third kappa shape index (κ3) is 2.68. The second-order valence-electron chi connectivity index (χ2n) is 5.24. The molecule has 3 heterocycles. The van der Waals surface area contributed by atoms with Crippen LogP contribution in [0, 0.1) is 0 Å². The number of rotatable bonds is 2. The largest absolute Gasteiger partial charge is 0.301 e. The molecule has 0 bridgehead atoms. The molecule has 1 aromatic heterocycles. The van der Waals surface area contributed by atoms with Crippen LogP contribution in [0.2, 0.25) is 0 Å². The number of nitrogens with one attached hydrogen (secondary N) is 1. The Labute approximate surface area is 146 Å². The van der Waals surface area contributed by atoms with E-state index in [4.69, 9.17) is 0 Å². The summed E-state index contributed by atoms with van der Waals surface area (Å²) in [6.45, 7) is 0.695. The Morgan fingerprint density at radius 1 is 1.04 bits per heavy atom. The van der Waals surface area contributed by atoms with E-state index in [2.05, 4.69) is 20.3 Å². The van der Waals surface area contributed by atoms with Gasteiger partial charge in [0.05, 0.1) is 12.2 Å². The molecule has 124 valence electrons. The van der Waals surface area contributed by atoms with Gasteiger partial charge in [0.1, 0.15) is 0 Å². The number of thioether (sulfide) groups is 1. The van der Waals surface area contributed by atoms with Gasteiger partial charge in [-0.05, 0) is 24.3 Å². The van der Waals surface area contributed by atoms with E-state index in [1.165, 1.54) is 24.2 Å². The molecule has 1 aromatic carbocycles. The van der Waals surface area contributed by atoms with Crippen molar-refractivity contribution in [2.75, 3.05) is 17.2 Å². The van der Waals surface area contributed by atoms with E-state index in [-0.39, 0.29) is 17.3 Å². The minimum absolute atomic E-state index is 0.0330. The summed E-state index contributed by atoms with van der Waals surface area (Å²) in [6, 6.07) is 6.19. The van der Waals surface area contributed by atoms with E-state index < -0.39 is 11.8 Å². The van der Waals surface area contributed by atoms with Gasteiger partial charge in [-0.3, -0.25) is 19.4 Å². The predicted octanol–water partition coefficient (Wildman–Crippen LogP) is 1.11. The van der Waals surface area contributed by atoms with Crippen molar-refractivity contribution in [2.24, 2.45) is 4.99 Å². The lowest BCUT2D eigenvalue weighted by molar-refractivity contribution is 0.0921. The topological polar surface area (TPSA) is 105 Å². The highest BCUT2D eigenvalue weighted by molar-refractivity contribution is 8.14. The lowest BCUT2D eigenvalue weighted by Gasteiger charge is -2.13. The van der Waals surface area contributed by atoms with Crippen LogP contribution < -0.4 is 10.2 Å². The highest BCUT2D eigenvalue weighted by atomic mass is 32.2. The number of fused-ring (bicyclic) bond motifs is 1. The Hall–Kier alpha value is -3.07. The first-order valence-electron chi connectivity index (χ1n) is 7.43. The van der Waals surface area contributed by atoms with Gasteiger partial charge in [-0.1, -0.05) is 11.8 Å². The van der Waals surface area contributed by atoms with Gasteiger partial charge in [0.15, 0.2) is 16.6 Å². The van der Waals surface area contributed by atoms with Gasteiger partial charge in [0.2, 0.25) is 0 Å². The third-order valence-electron chi connectivity index (χ3n) is 3.70. The lowest BCUT2D eigenvalue weighted by Crippen LogP contribution is -2.30. The van der Waals surface area contributed by atoms with Crippen LogP contribution in [0.5, 0.6) is 0 Å². The molecule has 0 saturated heterocycles. The number of nitrogens with zero attached hydrogens (tertiary/aromatic N) is 4. The molecule has 0 saturated carbocycles. The van der Waals surface area contributed by atoms with Gasteiger partial charge >= 0.3 is 0 Å². The second-order valence-corrected chi connectivity index (χ2v) is 6.32. The van der Waals surface area contributed by atoms with E-state index in [1.54, 1.807) is 24.3 Å². The van der Waals surface area contributed by atoms with Gasteiger partial charge in [-0.15, -0.1) is 0 Å². The van der Waals surface area contributed by atoms with Crippen molar-refractivity contribution in [3.05, 3.63) is 53.6 Å². The van der Waals surface area contributed by atoms with Crippen LogP contribution >= 0.6 is 11.8 Å². The van der Waals surface area contributed by atoms with Crippen molar-refractivity contribution in [2.45, 2.75) is 0 Å². The number of aromatic nitrogens is 2. The number of carbonyl (C=O) groups is 3. The smallest absolute Gasteiger partial charge is 0.286 e. The fourth-order valence-corrected chi connectivity index (χ4v) is 3.25. The number of benzene rings is 1. The van der Waals surface area contributed by atoms with Crippen molar-refractivity contribution >= 4 is 40.3 Å². The summed E-state index contributed by atoms with van der Waals surface area (Å²) in [5, 5.41) is 3.33. The lowest BCUT2D eigenvalue weighted by atomic mass is 10.2. The summed E-state index contributed by atoms with van der Waals surface area (Å²) in [5.41, 5.74) is 0.835. The normalized spacial score (nSPS) is 16.0. The van der Waals surface area contributed by atoms with Crippen LogP contribution in [0.3, 0.4) is 0 Å². The second kappa shape index (κ2) is 6.10. The zero-order chi connectivity index (χ0) is 17.4. The van der Waals surface area contributed by atoms with E-state index >= 15 is 0 Å². The van der Waals surface area contributed by atoms with Crippen molar-refractivity contribution in [3.8, 4) is 0 Å². The molecule has 1 N–H and O–H groups in total. The van der Waals surface area contributed by atoms with E-state index in [1.807, 2.05) is 0 Å². The van der Waals surface area contributed by atoms with Crippen molar-refractivity contribution < 1.29 is 14.4 Å². The van der Waals surface area contributed by atoms with Crippen molar-refractivity contribution in [3.63, 3.8) is 0 Å². The summed E-state index contributed by atoms with van der Waals surface area (Å²) >= 11 is 1.49. The summed E-state index contributed by atoms with van der Waals surface area (Å²) in [7, 11) is 0. The molecule has 0 fully saturated rings. The zero-order valence-electron chi connectivity index (χ0n) is 12.8. The molecule has 2 aliphatic rings. The van der Waals surface area contributed by atoms with E-state index in [0.717, 1.165) is 10.7 Å². The number of hydrogen-bond donors (Lipinski definition) is 1.